The lowest BCUT2D eigenvalue weighted by molar-refractivity contribution is 0.0991. The zero-order valence-electron chi connectivity index (χ0n) is 9.03. The largest absolute Gasteiger partial charge is 0.293 e. The van der Waals surface area contributed by atoms with E-state index in [1.165, 1.54) is 6.07 Å². The van der Waals surface area contributed by atoms with E-state index in [1.807, 2.05) is 6.92 Å². The third kappa shape index (κ3) is 2.61. The van der Waals surface area contributed by atoms with E-state index < -0.39 is 5.82 Å². The van der Waals surface area contributed by atoms with Crippen molar-refractivity contribution in [3.63, 3.8) is 0 Å². The van der Waals surface area contributed by atoms with Crippen LogP contribution in [0, 0.1) is 12.7 Å². The van der Waals surface area contributed by atoms with E-state index in [4.69, 9.17) is 0 Å². The molecule has 0 amide bonds. The third-order valence-corrected chi connectivity index (χ3v) is 5.25. The highest BCUT2D eigenvalue weighted by Gasteiger charge is 2.25. The number of carbonyl (C=O) groups excluding carboxylic acids is 1. The summed E-state index contributed by atoms with van der Waals surface area (Å²) in [6.07, 6.45) is 0. The number of thioether (sulfide) groups is 2. The first-order chi connectivity index (χ1) is 7.68. The maximum Gasteiger partial charge on any atom is 0.179 e. The van der Waals surface area contributed by atoms with E-state index in [0.29, 0.717) is 0 Å². The van der Waals surface area contributed by atoms with Gasteiger partial charge in [-0.1, -0.05) is 11.6 Å². The van der Waals surface area contributed by atoms with Crippen LogP contribution < -0.4 is 0 Å². The van der Waals surface area contributed by atoms with Gasteiger partial charge in [0.15, 0.2) is 5.78 Å². The molecule has 1 aliphatic heterocycles. The van der Waals surface area contributed by atoms with Crippen molar-refractivity contribution < 1.29 is 9.18 Å². The van der Waals surface area contributed by atoms with Gasteiger partial charge in [-0.3, -0.25) is 4.79 Å². The van der Waals surface area contributed by atoms with Crippen molar-refractivity contribution in [2.75, 3.05) is 17.3 Å². The fourth-order valence-corrected chi connectivity index (χ4v) is 4.27. The number of rotatable bonds is 2. The minimum Gasteiger partial charge on any atom is -0.293 e. The van der Waals surface area contributed by atoms with Crippen LogP contribution in [0.1, 0.15) is 15.9 Å². The molecular weight excluding hydrogens is 243 g/mol. The lowest BCUT2D eigenvalue weighted by atomic mass is 10.1. The summed E-state index contributed by atoms with van der Waals surface area (Å²) in [5.41, 5.74) is 1.18. The predicted octanol–water partition coefficient (Wildman–Crippen LogP) is 3.17. The molecule has 1 aromatic carbocycles. The van der Waals surface area contributed by atoms with Crippen LogP contribution in [0.15, 0.2) is 18.2 Å². The van der Waals surface area contributed by atoms with E-state index in [0.717, 1.165) is 22.8 Å². The first kappa shape index (κ1) is 12.0. The second-order valence-electron chi connectivity index (χ2n) is 3.78. The minimum atomic E-state index is -0.397. The fourth-order valence-electron chi connectivity index (χ4n) is 1.64. The third-order valence-electron chi connectivity index (χ3n) is 2.50. The second kappa shape index (κ2) is 5.23. The Kier molecular flexibility index (Phi) is 3.92. The zero-order chi connectivity index (χ0) is 11.5. The summed E-state index contributed by atoms with van der Waals surface area (Å²) >= 11 is 3.42. The number of benzene rings is 1. The maximum absolute atomic E-state index is 13.5. The standard InChI is InChI=1S/C12H13FOS2/c1-8-2-3-10(13)9(6-8)12(14)11-7-15-4-5-16-11/h2-3,6,11H,4-5,7H2,1H3. The summed E-state index contributed by atoms with van der Waals surface area (Å²) in [5.74, 6) is 2.42. The van der Waals surface area contributed by atoms with Crippen LogP contribution in [-0.4, -0.2) is 28.3 Å². The second-order valence-corrected chi connectivity index (χ2v) is 6.24. The number of hydrogen-bond acceptors (Lipinski definition) is 3. The molecule has 2 rings (SSSR count). The van der Waals surface area contributed by atoms with E-state index in [-0.39, 0.29) is 16.6 Å². The number of ketones is 1. The highest BCUT2D eigenvalue weighted by Crippen LogP contribution is 2.27. The van der Waals surface area contributed by atoms with Gasteiger partial charge >= 0.3 is 0 Å². The SMILES string of the molecule is Cc1ccc(F)c(C(=O)C2CSCCS2)c1. The first-order valence-electron chi connectivity index (χ1n) is 5.18. The van der Waals surface area contributed by atoms with E-state index in [1.54, 1.807) is 35.7 Å². The van der Waals surface area contributed by atoms with Gasteiger partial charge in [0.25, 0.3) is 0 Å². The summed E-state index contributed by atoms with van der Waals surface area (Å²) < 4.78 is 13.5. The van der Waals surface area contributed by atoms with E-state index in [9.17, 15) is 9.18 Å². The zero-order valence-corrected chi connectivity index (χ0v) is 10.7. The van der Waals surface area contributed by atoms with Crippen molar-refractivity contribution in [1.29, 1.82) is 0 Å². The lowest BCUT2D eigenvalue weighted by Crippen LogP contribution is -2.25. The Morgan fingerprint density at radius 3 is 2.94 bits per heavy atom. The first-order valence-corrected chi connectivity index (χ1v) is 7.38. The minimum absolute atomic E-state index is 0.0570. The van der Waals surface area contributed by atoms with Gasteiger partial charge in [0.05, 0.1) is 10.8 Å². The Labute approximate surface area is 103 Å². The molecular formula is C12H13FOS2. The van der Waals surface area contributed by atoms with Gasteiger partial charge in [-0.15, -0.1) is 11.8 Å². The summed E-state index contributed by atoms with van der Waals surface area (Å²) in [7, 11) is 0. The Balaban J connectivity index is 2.22. The molecule has 1 fully saturated rings. The van der Waals surface area contributed by atoms with Gasteiger partial charge in [0, 0.05) is 17.3 Å². The van der Waals surface area contributed by atoms with Crippen LogP contribution in [0.4, 0.5) is 4.39 Å². The van der Waals surface area contributed by atoms with Crippen LogP contribution in [0.2, 0.25) is 0 Å². The Hall–Kier alpha value is -0.480. The van der Waals surface area contributed by atoms with Crippen LogP contribution in [0.5, 0.6) is 0 Å². The maximum atomic E-state index is 13.5. The molecule has 86 valence electrons. The van der Waals surface area contributed by atoms with Gasteiger partial charge in [-0.05, 0) is 19.1 Å². The molecule has 0 radical (unpaired) electrons. The molecule has 1 unspecified atom stereocenters. The molecule has 0 saturated carbocycles. The number of Topliss-reactive ketones (excluding diaryl/α,β-unsaturated/α-hetero) is 1. The highest BCUT2D eigenvalue weighted by molar-refractivity contribution is 8.07. The van der Waals surface area contributed by atoms with Gasteiger partial charge in [0.1, 0.15) is 5.82 Å². The average molecular weight is 256 g/mol. The molecule has 0 aliphatic carbocycles. The summed E-state index contributed by atoms with van der Waals surface area (Å²) in [6, 6.07) is 4.72. The van der Waals surface area contributed by atoms with Gasteiger partial charge < -0.3 is 0 Å². The number of aryl methyl sites for hydroxylation is 1. The molecule has 0 bridgehead atoms. The molecule has 4 heteroatoms. The molecule has 1 atom stereocenters. The fraction of sp³-hybridized carbons (Fsp3) is 0.417. The molecule has 1 saturated heterocycles. The predicted molar refractivity (Wildman–Crippen MR) is 69.0 cm³/mol. The topological polar surface area (TPSA) is 17.1 Å². The summed E-state index contributed by atoms with van der Waals surface area (Å²) in [5, 5.41) is -0.0740. The molecule has 1 aliphatic rings. The Morgan fingerprint density at radius 1 is 1.44 bits per heavy atom. The highest BCUT2D eigenvalue weighted by atomic mass is 32.2. The molecule has 16 heavy (non-hydrogen) atoms. The summed E-state index contributed by atoms with van der Waals surface area (Å²) in [4.78, 5) is 12.1. The molecule has 1 nitrogen and oxygen atoms in total. The molecule has 1 heterocycles. The molecule has 0 N–H and O–H groups in total. The van der Waals surface area contributed by atoms with Crippen molar-refractivity contribution in [2.45, 2.75) is 12.2 Å². The smallest absolute Gasteiger partial charge is 0.179 e. The van der Waals surface area contributed by atoms with E-state index in [2.05, 4.69) is 0 Å². The summed E-state index contributed by atoms with van der Waals surface area (Å²) in [6.45, 7) is 1.87. The Bertz CT molecular complexity index is 400. The number of halogens is 1. The quantitative estimate of drug-likeness (QED) is 0.757. The normalized spacial score (nSPS) is 20.8. The van der Waals surface area contributed by atoms with Crippen molar-refractivity contribution >= 4 is 29.3 Å². The van der Waals surface area contributed by atoms with Gasteiger partial charge in [0.2, 0.25) is 0 Å². The van der Waals surface area contributed by atoms with Crippen molar-refractivity contribution in [1.82, 2.24) is 0 Å². The van der Waals surface area contributed by atoms with Gasteiger partial charge in [-0.2, -0.15) is 11.8 Å². The van der Waals surface area contributed by atoms with Gasteiger partial charge in [-0.25, -0.2) is 4.39 Å². The molecule has 0 spiro atoms. The average Bonchev–Trinajstić information content (AvgIpc) is 2.32. The number of hydrogen-bond donors (Lipinski definition) is 0. The van der Waals surface area contributed by atoms with Crippen LogP contribution in [-0.2, 0) is 0 Å². The Morgan fingerprint density at radius 2 is 2.25 bits per heavy atom. The lowest BCUT2D eigenvalue weighted by Gasteiger charge is -2.20. The van der Waals surface area contributed by atoms with Crippen molar-refractivity contribution in [3.05, 3.63) is 35.1 Å². The van der Waals surface area contributed by atoms with Crippen molar-refractivity contribution in [3.8, 4) is 0 Å². The van der Waals surface area contributed by atoms with Crippen LogP contribution in [0.3, 0.4) is 0 Å². The monoisotopic (exact) mass is 256 g/mol. The molecule has 1 aromatic rings. The van der Waals surface area contributed by atoms with E-state index >= 15 is 0 Å². The van der Waals surface area contributed by atoms with Crippen molar-refractivity contribution in [2.24, 2.45) is 0 Å². The molecule has 0 aromatic heterocycles. The number of carbonyl (C=O) groups is 1. The van der Waals surface area contributed by atoms with Crippen LogP contribution in [0.25, 0.3) is 0 Å². The van der Waals surface area contributed by atoms with Crippen LogP contribution >= 0.6 is 23.5 Å².